The first-order valence-corrected chi connectivity index (χ1v) is 10.7. The molecule has 0 saturated carbocycles. The van der Waals surface area contributed by atoms with E-state index < -0.39 is 0 Å². The van der Waals surface area contributed by atoms with Crippen molar-refractivity contribution in [3.05, 3.63) is 69.4 Å². The van der Waals surface area contributed by atoms with Gasteiger partial charge in [0.25, 0.3) is 0 Å². The Bertz CT molecular complexity index is 873. The Morgan fingerprint density at radius 1 is 1.25 bits per heavy atom. The lowest BCUT2D eigenvalue weighted by Crippen LogP contribution is -2.40. The summed E-state index contributed by atoms with van der Waals surface area (Å²) < 4.78 is 1.94. The SMILES string of the molecule is CCNC(=NCc1csc(CC)n1)NCC(c1ccc(Cl)cc1)n1cccn1. The fourth-order valence-electron chi connectivity index (χ4n) is 2.79. The van der Waals surface area contributed by atoms with Crippen molar-refractivity contribution in [2.45, 2.75) is 32.9 Å². The highest BCUT2D eigenvalue weighted by molar-refractivity contribution is 7.09. The van der Waals surface area contributed by atoms with Gasteiger partial charge in [-0.05, 0) is 37.1 Å². The van der Waals surface area contributed by atoms with Crippen LogP contribution in [0.15, 0.2) is 53.1 Å². The maximum atomic E-state index is 6.05. The van der Waals surface area contributed by atoms with Crippen LogP contribution >= 0.6 is 22.9 Å². The summed E-state index contributed by atoms with van der Waals surface area (Å²) in [5.74, 6) is 0.764. The molecule has 0 radical (unpaired) electrons. The summed E-state index contributed by atoms with van der Waals surface area (Å²) in [4.78, 5) is 9.26. The van der Waals surface area contributed by atoms with Crippen molar-refractivity contribution in [1.82, 2.24) is 25.4 Å². The van der Waals surface area contributed by atoms with Gasteiger partial charge < -0.3 is 10.6 Å². The molecule has 2 aromatic heterocycles. The number of aryl methyl sites for hydroxylation is 1. The first-order valence-electron chi connectivity index (χ1n) is 9.39. The molecule has 1 unspecified atom stereocenters. The summed E-state index contributed by atoms with van der Waals surface area (Å²) in [6, 6.07) is 9.82. The molecule has 0 bridgehead atoms. The van der Waals surface area contributed by atoms with Gasteiger partial charge in [-0.25, -0.2) is 9.98 Å². The van der Waals surface area contributed by atoms with Crippen LogP contribution in [-0.4, -0.2) is 33.8 Å². The number of guanidine groups is 1. The van der Waals surface area contributed by atoms with Crippen LogP contribution < -0.4 is 10.6 Å². The highest BCUT2D eigenvalue weighted by atomic mass is 35.5. The molecule has 0 spiro atoms. The lowest BCUT2D eigenvalue weighted by molar-refractivity contribution is 0.510. The number of benzene rings is 1. The van der Waals surface area contributed by atoms with Crippen LogP contribution in [0.4, 0.5) is 0 Å². The maximum Gasteiger partial charge on any atom is 0.191 e. The summed E-state index contributed by atoms with van der Waals surface area (Å²) in [6.45, 7) is 6.16. The van der Waals surface area contributed by atoms with E-state index in [2.05, 4.69) is 44.9 Å². The van der Waals surface area contributed by atoms with Crippen LogP contribution in [-0.2, 0) is 13.0 Å². The van der Waals surface area contributed by atoms with Gasteiger partial charge in [-0.15, -0.1) is 11.3 Å². The zero-order chi connectivity index (χ0) is 19.8. The normalized spacial score (nSPS) is 12.8. The number of aliphatic imine (C=N–C) groups is 1. The van der Waals surface area contributed by atoms with Gasteiger partial charge in [-0.2, -0.15) is 5.10 Å². The Morgan fingerprint density at radius 2 is 2.07 bits per heavy atom. The Kier molecular flexibility index (Phi) is 7.45. The van der Waals surface area contributed by atoms with E-state index in [1.54, 1.807) is 17.5 Å². The molecule has 28 heavy (non-hydrogen) atoms. The molecule has 2 N–H and O–H groups in total. The van der Waals surface area contributed by atoms with Gasteiger partial charge in [0.2, 0.25) is 0 Å². The monoisotopic (exact) mass is 416 g/mol. The van der Waals surface area contributed by atoms with E-state index in [4.69, 9.17) is 11.6 Å². The van der Waals surface area contributed by atoms with Crippen LogP contribution in [0.25, 0.3) is 0 Å². The van der Waals surface area contributed by atoms with Crippen molar-refractivity contribution in [3.8, 4) is 0 Å². The topological polar surface area (TPSA) is 67.1 Å². The molecule has 8 heteroatoms. The van der Waals surface area contributed by atoms with E-state index in [1.807, 2.05) is 41.2 Å². The first kappa shape index (κ1) is 20.4. The molecule has 0 amide bonds. The van der Waals surface area contributed by atoms with Crippen LogP contribution in [0.3, 0.4) is 0 Å². The second kappa shape index (κ2) is 10.2. The molecular weight excluding hydrogens is 392 g/mol. The van der Waals surface area contributed by atoms with Crippen LogP contribution in [0, 0.1) is 0 Å². The second-order valence-electron chi connectivity index (χ2n) is 6.22. The summed E-state index contributed by atoms with van der Waals surface area (Å²) >= 11 is 7.74. The molecule has 3 aromatic rings. The molecular formula is C20H25ClN6S. The Hall–Kier alpha value is -2.38. The number of aromatic nitrogens is 3. The third-order valence-electron chi connectivity index (χ3n) is 4.21. The molecule has 0 aliphatic rings. The molecule has 1 atom stereocenters. The summed E-state index contributed by atoms with van der Waals surface area (Å²) in [6.07, 6.45) is 4.71. The maximum absolute atomic E-state index is 6.05. The van der Waals surface area contributed by atoms with E-state index >= 15 is 0 Å². The molecule has 0 fully saturated rings. The van der Waals surface area contributed by atoms with Crippen molar-refractivity contribution < 1.29 is 0 Å². The molecule has 0 aliphatic heterocycles. The minimum atomic E-state index is 0.0297. The van der Waals surface area contributed by atoms with Crippen molar-refractivity contribution >= 4 is 28.9 Å². The van der Waals surface area contributed by atoms with E-state index in [0.29, 0.717) is 13.1 Å². The van der Waals surface area contributed by atoms with Crippen LogP contribution in [0.5, 0.6) is 0 Å². The summed E-state index contributed by atoms with van der Waals surface area (Å²) in [5, 5.41) is 15.1. The number of thiazole rings is 1. The van der Waals surface area contributed by atoms with Gasteiger partial charge in [0.1, 0.15) is 0 Å². The third kappa shape index (κ3) is 5.56. The van der Waals surface area contributed by atoms with Gasteiger partial charge in [-0.3, -0.25) is 4.68 Å². The van der Waals surface area contributed by atoms with Crippen molar-refractivity contribution in [3.63, 3.8) is 0 Å². The zero-order valence-corrected chi connectivity index (χ0v) is 17.7. The van der Waals surface area contributed by atoms with Gasteiger partial charge >= 0.3 is 0 Å². The lowest BCUT2D eigenvalue weighted by atomic mass is 10.1. The standard InChI is InChI=1S/C20H25ClN6S/c1-3-19-26-17(14-28-19)12-23-20(22-4-2)24-13-18(27-11-5-10-25-27)15-6-8-16(21)9-7-15/h5-11,14,18H,3-4,12-13H2,1-2H3,(H2,22,23,24). The Labute approximate surface area is 174 Å². The van der Waals surface area contributed by atoms with E-state index in [1.165, 1.54) is 0 Å². The van der Waals surface area contributed by atoms with E-state index in [0.717, 1.165) is 40.2 Å². The second-order valence-corrected chi connectivity index (χ2v) is 7.59. The Morgan fingerprint density at radius 3 is 2.71 bits per heavy atom. The predicted octanol–water partition coefficient (Wildman–Crippen LogP) is 3.90. The predicted molar refractivity (Wildman–Crippen MR) is 116 cm³/mol. The number of nitrogens with zero attached hydrogens (tertiary/aromatic N) is 4. The van der Waals surface area contributed by atoms with E-state index in [9.17, 15) is 0 Å². The average molecular weight is 417 g/mol. The number of rotatable bonds is 8. The number of nitrogens with one attached hydrogen (secondary N) is 2. The van der Waals surface area contributed by atoms with Crippen molar-refractivity contribution in [2.24, 2.45) is 4.99 Å². The summed E-state index contributed by atoms with van der Waals surface area (Å²) in [7, 11) is 0. The molecule has 0 saturated heterocycles. The number of halogens is 1. The zero-order valence-electron chi connectivity index (χ0n) is 16.1. The fraction of sp³-hybridized carbons (Fsp3) is 0.350. The fourth-order valence-corrected chi connectivity index (χ4v) is 3.66. The molecule has 148 valence electrons. The highest BCUT2D eigenvalue weighted by Crippen LogP contribution is 2.19. The van der Waals surface area contributed by atoms with Gasteiger partial charge in [0, 0.05) is 35.9 Å². The minimum absolute atomic E-state index is 0.0297. The van der Waals surface area contributed by atoms with Crippen molar-refractivity contribution in [2.75, 3.05) is 13.1 Å². The molecule has 3 rings (SSSR count). The Balaban J connectivity index is 1.71. The molecule has 0 aliphatic carbocycles. The third-order valence-corrected chi connectivity index (χ3v) is 5.50. The molecule has 2 heterocycles. The van der Waals surface area contributed by atoms with Gasteiger partial charge in [-0.1, -0.05) is 30.7 Å². The first-order chi connectivity index (χ1) is 13.7. The quantitative estimate of drug-likeness (QED) is 0.431. The average Bonchev–Trinajstić information content (AvgIpc) is 3.39. The van der Waals surface area contributed by atoms with Gasteiger partial charge in [0.15, 0.2) is 5.96 Å². The smallest absolute Gasteiger partial charge is 0.191 e. The summed E-state index contributed by atoms with van der Waals surface area (Å²) in [5.41, 5.74) is 2.13. The van der Waals surface area contributed by atoms with E-state index in [-0.39, 0.29) is 6.04 Å². The van der Waals surface area contributed by atoms with Crippen molar-refractivity contribution in [1.29, 1.82) is 0 Å². The van der Waals surface area contributed by atoms with Crippen LogP contribution in [0.1, 0.15) is 36.2 Å². The number of hydrogen-bond acceptors (Lipinski definition) is 4. The largest absolute Gasteiger partial charge is 0.357 e. The van der Waals surface area contributed by atoms with Gasteiger partial charge in [0.05, 0.1) is 23.3 Å². The lowest BCUT2D eigenvalue weighted by Gasteiger charge is -2.20. The number of hydrogen-bond donors (Lipinski definition) is 2. The minimum Gasteiger partial charge on any atom is -0.357 e. The molecule has 1 aromatic carbocycles. The van der Waals surface area contributed by atoms with Crippen LogP contribution in [0.2, 0.25) is 5.02 Å². The highest BCUT2D eigenvalue weighted by Gasteiger charge is 2.15. The molecule has 6 nitrogen and oxygen atoms in total.